The van der Waals surface area contributed by atoms with E-state index < -0.39 is 0 Å². The Labute approximate surface area is 101 Å². The summed E-state index contributed by atoms with van der Waals surface area (Å²) in [5.41, 5.74) is 6.69. The quantitative estimate of drug-likeness (QED) is 0.794. The van der Waals surface area contributed by atoms with Gasteiger partial charge in [-0.3, -0.25) is 4.79 Å². The summed E-state index contributed by atoms with van der Waals surface area (Å²) in [4.78, 5) is 20.0. The van der Waals surface area contributed by atoms with Gasteiger partial charge in [-0.15, -0.1) is 0 Å². The van der Waals surface area contributed by atoms with Crippen molar-refractivity contribution in [1.29, 1.82) is 0 Å². The van der Waals surface area contributed by atoms with Crippen LogP contribution in [0.3, 0.4) is 0 Å². The third kappa shape index (κ3) is 2.55. The highest BCUT2D eigenvalue weighted by molar-refractivity contribution is 5.81. The maximum atomic E-state index is 11.8. The lowest BCUT2D eigenvalue weighted by atomic mass is 10.2. The van der Waals surface area contributed by atoms with Gasteiger partial charge in [0.05, 0.1) is 6.54 Å². The van der Waals surface area contributed by atoms with Crippen molar-refractivity contribution >= 4 is 11.7 Å². The molecule has 5 heteroatoms. The molecule has 1 amide bonds. The van der Waals surface area contributed by atoms with Crippen molar-refractivity contribution in [3.05, 3.63) is 23.9 Å². The molecular formula is C12H18N4O. The van der Waals surface area contributed by atoms with E-state index in [0.29, 0.717) is 13.1 Å². The van der Waals surface area contributed by atoms with Gasteiger partial charge in [-0.05, 0) is 12.5 Å². The number of anilines is 1. The molecule has 0 saturated carbocycles. The molecule has 1 fully saturated rings. The highest BCUT2D eigenvalue weighted by Gasteiger charge is 2.21. The van der Waals surface area contributed by atoms with E-state index in [1.54, 1.807) is 11.1 Å². The molecule has 2 N–H and O–H groups in total. The van der Waals surface area contributed by atoms with Gasteiger partial charge in [0.1, 0.15) is 5.82 Å². The second kappa shape index (κ2) is 5.14. The summed E-state index contributed by atoms with van der Waals surface area (Å²) in [6.07, 6.45) is 2.70. The number of carbonyl (C=O) groups excluding carboxylic acids is 1. The Bertz CT molecular complexity index is 407. The number of hydrogen-bond acceptors (Lipinski definition) is 4. The van der Waals surface area contributed by atoms with E-state index in [2.05, 4.69) is 4.98 Å². The predicted molar refractivity (Wildman–Crippen MR) is 66.6 cm³/mol. The molecule has 0 radical (unpaired) electrons. The maximum Gasteiger partial charge on any atom is 0.241 e. The standard InChI is InChI=1S/C12H18N4O/c1-15-6-3-7-16(9-11(15)17)12-10(8-13)4-2-5-14-12/h2,4-5H,3,6-9,13H2,1H3. The van der Waals surface area contributed by atoms with Crippen LogP contribution >= 0.6 is 0 Å². The number of aromatic nitrogens is 1. The molecule has 17 heavy (non-hydrogen) atoms. The third-order valence-electron chi connectivity index (χ3n) is 3.06. The highest BCUT2D eigenvalue weighted by Crippen LogP contribution is 2.18. The van der Waals surface area contributed by atoms with E-state index in [1.165, 1.54) is 0 Å². The van der Waals surface area contributed by atoms with Gasteiger partial charge in [0.2, 0.25) is 5.91 Å². The van der Waals surface area contributed by atoms with Gasteiger partial charge in [0.25, 0.3) is 0 Å². The second-order valence-electron chi connectivity index (χ2n) is 4.28. The van der Waals surface area contributed by atoms with Gasteiger partial charge in [0.15, 0.2) is 0 Å². The number of rotatable bonds is 2. The fraction of sp³-hybridized carbons (Fsp3) is 0.500. The molecule has 1 aromatic rings. The average molecular weight is 234 g/mol. The summed E-state index contributed by atoms with van der Waals surface area (Å²) >= 11 is 0. The number of amides is 1. The zero-order chi connectivity index (χ0) is 12.3. The lowest BCUT2D eigenvalue weighted by Crippen LogP contribution is -2.35. The molecule has 0 atom stereocenters. The molecule has 0 bridgehead atoms. The van der Waals surface area contributed by atoms with Gasteiger partial charge < -0.3 is 15.5 Å². The van der Waals surface area contributed by atoms with Gasteiger partial charge in [-0.2, -0.15) is 0 Å². The summed E-state index contributed by atoms with van der Waals surface area (Å²) in [5.74, 6) is 0.981. The van der Waals surface area contributed by atoms with Crippen LogP contribution in [-0.4, -0.2) is 42.5 Å². The van der Waals surface area contributed by atoms with Crippen LogP contribution in [0.15, 0.2) is 18.3 Å². The predicted octanol–water partition coefficient (Wildman–Crippen LogP) is 0.209. The van der Waals surface area contributed by atoms with Gasteiger partial charge in [-0.25, -0.2) is 4.98 Å². The summed E-state index contributed by atoms with van der Waals surface area (Å²) in [6, 6.07) is 3.83. The van der Waals surface area contributed by atoms with E-state index in [4.69, 9.17) is 5.73 Å². The Hall–Kier alpha value is -1.62. The van der Waals surface area contributed by atoms with Crippen LogP contribution in [0.4, 0.5) is 5.82 Å². The van der Waals surface area contributed by atoms with Gasteiger partial charge in [0, 0.05) is 38.4 Å². The van der Waals surface area contributed by atoms with Crippen molar-refractivity contribution in [1.82, 2.24) is 9.88 Å². The summed E-state index contributed by atoms with van der Waals surface area (Å²) in [7, 11) is 1.84. The maximum absolute atomic E-state index is 11.8. The van der Waals surface area contributed by atoms with Crippen LogP contribution in [0, 0.1) is 0 Å². The third-order valence-corrected chi connectivity index (χ3v) is 3.06. The van der Waals surface area contributed by atoms with Crippen LogP contribution in [0.2, 0.25) is 0 Å². The van der Waals surface area contributed by atoms with E-state index in [1.807, 2.05) is 24.1 Å². The number of carbonyl (C=O) groups is 1. The first kappa shape index (κ1) is 11.9. The fourth-order valence-electron chi connectivity index (χ4n) is 2.04. The molecule has 0 unspecified atom stereocenters. The molecule has 1 aliphatic heterocycles. The minimum Gasteiger partial charge on any atom is -0.347 e. The minimum atomic E-state index is 0.135. The Morgan fingerprint density at radius 2 is 2.29 bits per heavy atom. The Kier molecular flexibility index (Phi) is 3.58. The molecule has 92 valence electrons. The highest BCUT2D eigenvalue weighted by atomic mass is 16.2. The summed E-state index contributed by atoms with van der Waals surface area (Å²) in [6.45, 7) is 2.49. The van der Waals surface area contributed by atoms with Crippen molar-refractivity contribution in [3.63, 3.8) is 0 Å². The largest absolute Gasteiger partial charge is 0.347 e. The summed E-state index contributed by atoms with van der Waals surface area (Å²) < 4.78 is 0. The first-order valence-corrected chi connectivity index (χ1v) is 5.85. The molecule has 1 aromatic heterocycles. The molecule has 1 aliphatic rings. The van der Waals surface area contributed by atoms with E-state index in [9.17, 15) is 4.79 Å². The van der Waals surface area contributed by atoms with Crippen molar-refractivity contribution in [2.75, 3.05) is 31.6 Å². The fourth-order valence-corrected chi connectivity index (χ4v) is 2.04. The van der Waals surface area contributed by atoms with Crippen molar-refractivity contribution in [3.8, 4) is 0 Å². The SMILES string of the molecule is CN1CCCN(c2ncccc2CN)CC1=O. The van der Waals surface area contributed by atoms with E-state index in [0.717, 1.165) is 30.9 Å². The number of nitrogens with zero attached hydrogens (tertiary/aromatic N) is 3. The Morgan fingerprint density at radius 3 is 3.06 bits per heavy atom. The average Bonchev–Trinajstić information content (AvgIpc) is 2.52. The first-order chi connectivity index (χ1) is 8.22. The lowest BCUT2D eigenvalue weighted by molar-refractivity contribution is -0.127. The smallest absolute Gasteiger partial charge is 0.241 e. The van der Waals surface area contributed by atoms with Crippen molar-refractivity contribution in [2.24, 2.45) is 5.73 Å². The number of hydrogen-bond donors (Lipinski definition) is 1. The van der Waals surface area contributed by atoms with Crippen molar-refractivity contribution < 1.29 is 4.79 Å². The summed E-state index contributed by atoms with van der Waals surface area (Å²) in [5, 5.41) is 0. The first-order valence-electron chi connectivity index (χ1n) is 5.85. The molecular weight excluding hydrogens is 216 g/mol. The van der Waals surface area contributed by atoms with Gasteiger partial charge in [-0.1, -0.05) is 6.07 Å². The Morgan fingerprint density at radius 1 is 1.47 bits per heavy atom. The van der Waals surface area contributed by atoms with Gasteiger partial charge >= 0.3 is 0 Å². The number of likely N-dealkylation sites (N-methyl/N-ethyl adjacent to an activating group) is 1. The molecule has 2 rings (SSSR count). The van der Waals surface area contributed by atoms with E-state index >= 15 is 0 Å². The van der Waals surface area contributed by atoms with Crippen LogP contribution in [0.1, 0.15) is 12.0 Å². The molecule has 0 spiro atoms. The van der Waals surface area contributed by atoms with Crippen LogP contribution in [-0.2, 0) is 11.3 Å². The number of nitrogens with two attached hydrogens (primary N) is 1. The van der Waals surface area contributed by atoms with Crippen LogP contribution in [0.25, 0.3) is 0 Å². The topological polar surface area (TPSA) is 62.5 Å². The van der Waals surface area contributed by atoms with Crippen LogP contribution < -0.4 is 10.6 Å². The zero-order valence-electron chi connectivity index (χ0n) is 10.1. The zero-order valence-corrected chi connectivity index (χ0v) is 10.1. The van der Waals surface area contributed by atoms with Crippen LogP contribution in [0.5, 0.6) is 0 Å². The monoisotopic (exact) mass is 234 g/mol. The molecule has 0 aromatic carbocycles. The van der Waals surface area contributed by atoms with E-state index in [-0.39, 0.29) is 5.91 Å². The molecule has 0 aliphatic carbocycles. The normalized spacial score (nSPS) is 17.2. The second-order valence-corrected chi connectivity index (χ2v) is 4.28. The molecule has 5 nitrogen and oxygen atoms in total. The minimum absolute atomic E-state index is 0.135. The van der Waals surface area contributed by atoms with Crippen molar-refractivity contribution in [2.45, 2.75) is 13.0 Å². The lowest BCUT2D eigenvalue weighted by Gasteiger charge is -2.22. The number of pyridine rings is 1. The molecule has 1 saturated heterocycles. The molecule has 2 heterocycles. The Balaban J connectivity index is 2.23.